The van der Waals surface area contributed by atoms with E-state index in [0.717, 1.165) is 31.9 Å². The van der Waals surface area contributed by atoms with Crippen LogP contribution in [0.2, 0.25) is 0 Å². The number of aliphatic hydroxyl groups excluding tert-OH is 1. The van der Waals surface area contributed by atoms with E-state index in [2.05, 4.69) is 23.5 Å². The summed E-state index contributed by atoms with van der Waals surface area (Å²) < 4.78 is 5.82. The molecule has 0 aromatic heterocycles. The molecule has 0 radical (unpaired) electrons. The maximum atomic E-state index is 8.66. The van der Waals surface area contributed by atoms with Gasteiger partial charge in [-0.1, -0.05) is 36.4 Å². The molecule has 0 saturated heterocycles. The molecule has 0 saturated carbocycles. The molecule has 2 aromatic rings. The van der Waals surface area contributed by atoms with Gasteiger partial charge in [-0.05, 0) is 11.5 Å². The molecule has 0 aliphatic heterocycles. The van der Waals surface area contributed by atoms with Crippen LogP contribution < -0.4 is 10.1 Å². The predicted octanol–water partition coefficient (Wildman–Crippen LogP) is 1.16. The van der Waals surface area contributed by atoms with Crippen molar-refractivity contribution in [3.63, 3.8) is 0 Å². The molecule has 3 heteroatoms. The normalized spacial score (nSPS) is 10.7. The predicted molar refractivity (Wildman–Crippen MR) is 72.8 cm³/mol. The third kappa shape index (κ3) is 3.45. The zero-order valence-electron chi connectivity index (χ0n) is 10.5. The minimum absolute atomic E-state index is 0.240. The van der Waals surface area contributed by atoms with E-state index in [1.807, 2.05) is 24.3 Å². The highest BCUT2D eigenvalue weighted by atomic mass is 16.5. The van der Waals surface area contributed by atoms with Gasteiger partial charge in [-0.2, -0.15) is 0 Å². The van der Waals surface area contributed by atoms with Gasteiger partial charge in [0.1, 0.15) is 5.75 Å². The number of quaternary nitrogens is 1. The molecule has 96 valence electrons. The van der Waals surface area contributed by atoms with Crippen LogP contribution >= 0.6 is 0 Å². The van der Waals surface area contributed by atoms with Crippen molar-refractivity contribution < 1.29 is 15.2 Å². The minimum atomic E-state index is 0.240. The van der Waals surface area contributed by atoms with Crippen molar-refractivity contribution in [3.8, 4) is 5.75 Å². The zero-order valence-corrected chi connectivity index (χ0v) is 10.5. The molecule has 3 N–H and O–H groups in total. The van der Waals surface area contributed by atoms with E-state index in [4.69, 9.17) is 9.84 Å². The molecule has 0 amide bonds. The number of hydrogen-bond acceptors (Lipinski definition) is 2. The monoisotopic (exact) mass is 246 g/mol. The summed E-state index contributed by atoms with van der Waals surface area (Å²) in [7, 11) is 0. The summed E-state index contributed by atoms with van der Waals surface area (Å²) in [6.07, 6.45) is 0.989. The summed E-state index contributed by atoms with van der Waals surface area (Å²) in [5, 5.41) is 13.1. The number of aliphatic hydroxyl groups is 1. The second-order valence-electron chi connectivity index (χ2n) is 4.27. The second-order valence-corrected chi connectivity index (χ2v) is 4.27. The quantitative estimate of drug-likeness (QED) is 0.720. The Labute approximate surface area is 107 Å². The smallest absolute Gasteiger partial charge is 0.127 e. The molecule has 2 rings (SSSR count). The molecule has 0 bridgehead atoms. The largest absolute Gasteiger partial charge is 0.493 e. The fourth-order valence-corrected chi connectivity index (χ4v) is 1.97. The first-order valence-corrected chi connectivity index (χ1v) is 6.45. The Balaban J connectivity index is 1.88. The van der Waals surface area contributed by atoms with E-state index in [1.165, 1.54) is 10.8 Å². The van der Waals surface area contributed by atoms with Crippen molar-refractivity contribution in [2.75, 3.05) is 26.3 Å². The van der Waals surface area contributed by atoms with Crippen molar-refractivity contribution in [3.05, 3.63) is 42.5 Å². The van der Waals surface area contributed by atoms with E-state index < -0.39 is 0 Å². The van der Waals surface area contributed by atoms with Crippen molar-refractivity contribution in [1.29, 1.82) is 0 Å². The standard InChI is InChI=1S/C15H19NO2/c17-11-10-16-9-4-12-18-15-8-3-6-13-5-1-2-7-14(13)15/h1-3,5-8,16-17H,4,9-12H2/p+1. The lowest BCUT2D eigenvalue weighted by molar-refractivity contribution is -0.656. The van der Waals surface area contributed by atoms with Crippen LogP contribution in [0.1, 0.15) is 6.42 Å². The Morgan fingerprint density at radius 1 is 1.00 bits per heavy atom. The first-order valence-electron chi connectivity index (χ1n) is 6.45. The Morgan fingerprint density at radius 2 is 1.83 bits per heavy atom. The van der Waals surface area contributed by atoms with Crippen molar-refractivity contribution >= 4 is 10.8 Å². The Hall–Kier alpha value is -1.58. The summed E-state index contributed by atoms with van der Waals surface area (Å²) in [5.41, 5.74) is 0. The number of ether oxygens (including phenoxy) is 1. The van der Waals surface area contributed by atoms with Gasteiger partial charge in [0.15, 0.2) is 0 Å². The van der Waals surface area contributed by atoms with E-state index >= 15 is 0 Å². The first-order chi connectivity index (χ1) is 8.92. The third-order valence-electron chi connectivity index (χ3n) is 2.89. The van der Waals surface area contributed by atoms with Gasteiger partial charge in [-0.15, -0.1) is 0 Å². The molecule has 0 aliphatic rings. The Morgan fingerprint density at radius 3 is 2.72 bits per heavy atom. The van der Waals surface area contributed by atoms with Crippen LogP contribution in [0.25, 0.3) is 10.8 Å². The average Bonchev–Trinajstić information content (AvgIpc) is 2.43. The molecule has 18 heavy (non-hydrogen) atoms. The summed E-state index contributed by atoms with van der Waals surface area (Å²) in [5.74, 6) is 0.954. The Kier molecular flexibility index (Phi) is 5.00. The topological polar surface area (TPSA) is 46.1 Å². The van der Waals surface area contributed by atoms with Crippen molar-refractivity contribution in [1.82, 2.24) is 0 Å². The van der Waals surface area contributed by atoms with E-state index in [9.17, 15) is 0 Å². The number of benzene rings is 2. The first kappa shape index (κ1) is 12.9. The highest BCUT2D eigenvalue weighted by molar-refractivity contribution is 5.88. The van der Waals surface area contributed by atoms with E-state index in [1.54, 1.807) is 0 Å². The fraction of sp³-hybridized carbons (Fsp3) is 0.333. The van der Waals surface area contributed by atoms with Crippen LogP contribution in [-0.2, 0) is 0 Å². The van der Waals surface area contributed by atoms with Crippen LogP contribution in [0, 0.1) is 0 Å². The summed E-state index contributed by atoms with van der Waals surface area (Å²) in [4.78, 5) is 0. The van der Waals surface area contributed by atoms with Gasteiger partial charge >= 0.3 is 0 Å². The van der Waals surface area contributed by atoms with Crippen molar-refractivity contribution in [2.45, 2.75) is 6.42 Å². The number of fused-ring (bicyclic) bond motifs is 1. The van der Waals surface area contributed by atoms with Gasteiger partial charge in [0.25, 0.3) is 0 Å². The number of rotatable bonds is 7. The SMILES string of the molecule is OCC[NH2+]CCCOc1cccc2ccccc12. The lowest BCUT2D eigenvalue weighted by Crippen LogP contribution is -2.85. The number of nitrogens with two attached hydrogens (primary N) is 1. The molecule has 0 spiro atoms. The number of hydrogen-bond donors (Lipinski definition) is 2. The molecule has 0 heterocycles. The molecule has 0 aliphatic carbocycles. The molecule has 0 atom stereocenters. The second kappa shape index (κ2) is 6.99. The maximum Gasteiger partial charge on any atom is 0.127 e. The van der Waals surface area contributed by atoms with E-state index in [0.29, 0.717) is 0 Å². The zero-order chi connectivity index (χ0) is 12.6. The minimum Gasteiger partial charge on any atom is -0.493 e. The van der Waals surface area contributed by atoms with Gasteiger partial charge in [0, 0.05) is 11.8 Å². The fourth-order valence-electron chi connectivity index (χ4n) is 1.97. The molecule has 3 nitrogen and oxygen atoms in total. The summed E-state index contributed by atoms with van der Waals surface area (Å²) in [6, 6.07) is 14.4. The average molecular weight is 246 g/mol. The van der Waals surface area contributed by atoms with Crippen LogP contribution in [0.3, 0.4) is 0 Å². The molecular weight excluding hydrogens is 226 g/mol. The van der Waals surface area contributed by atoms with Gasteiger partial charge < -0.3 is 15.2 Å². The van der Waals surface area contributed by atoms with Crippen LogP contribution in [0.5, 0.6) is 5.75 Å². The lowest BCUT2D eigenvalue weighted by atomic mass is 10.1. The third-order valence-corrected chi connectivity index (χ3v) is 2.89. The van der Waals surface area contributed by atoms with Crippen LogP contribution in [0.15, 0.2) is 42.5 Å². The molecule has 0 fully saturated rings. The molecule has 2 aromatic carbocycles. The Bertz CT molecular complexity index is 479. The highest BCUT2D eigenvalue weighted by Crippen LogP contribution is 2.24. The summed E-state index contributed by atoms with van der Waals surface area (Å²) >= 11 is 0. The van der Waals surface area contributed by atoms with Crippen molar-refractivity contribution in [2.24, 2.45) is 0 Å². The maximum absolute atomic E-state index is 8.66. The highest BCUT2D eigenvalue weighted by Gasteiger charge is 2.00. The van der Waals surface area contributed by atoms with Gasteiger partial charge in [-0.3, -0.25) is 0 Å². The van der Waals surface area contributed by atoms with Crippen LogP contribution in [0.4, 0.5) is 0 Å². The molecular formula is C15H20NO2+. The molecule has 0 unspecified atom stereocenters. The summed E-state index contributed by atoms with van der Waals surface area (Å²) in [6.45, 7) is 2.72. The van der Waals surface area contributed by atoms with Gasteiger partial charge in [0.05, 0.1) is 26.3 Å². The lowest BCUT2D eigenvalue weighted by Gasteiger charge is -2.08. The van der Waals surface area contributed by atoms with Gasteiger partial charge in [-0.25, -0.2) is 0 Å². The van der Waals surface area contributed by atoms with Gasteiger partial charge in [0.2, 0.25) is 0 Å². The van der Waals surface area contributed by atoms with Crippen LogP contribution in [-0.4, -0.2) is 31.4 Å². The van der Waals surface area contributed by atoms with E-state index in [-0.39, 0.29) is 6.61 Å².